The van der Waals surface area contributed by atoms with Gasteiger partial charge in [-0.25, -0.2) is 9.67 Å². The maximum absolute atomic E-state index is 12.8. The van der Waals surface area contributed by atoms with E-state index < -0.39 is 5.91 Å². The molecule has 148 valence electrons. The number of benzene rings is 2. The number of aromatic nitrogens is 4. The predicted molar refractivity (Wildman–Crippen MR) is 113 cm³/mol. The second kappa shape index (κ2) is 7.81. The van der Waals surface area contributed by atoms with E-state index in [1.165, 1.54) is 29.2 Å². The van der Waals surface area contributed by atoms with Gasteiger partial charge < -0.3 is 5.32 Å². The normalized spacial score (nSPS) is 10.7. The molecular weight excluding hydrogens is 404 g/mol. The van der Waals surface area contributed by atoms with E-state index in [2.05, 4.69) is 15.4 Å². The molecule has 1 amide bonds. The molecule has 1 N–H and O–H groups in total. The Morgan fingerprint density at radius 2 is 2.07 bits per heavy atom. The average molecular weight is 419 g/mol. The zero-order chi connectivity index (χ0) is 21.3. The smallest absolute Gasteiger partial charge is 0.264 e. The van der Waals surface area contributed by atoms with Gasteiger partial charge in [0, 0.05) is 5.02 Å². The second-order valence-corrected chi connectivity index (χ2v) is 7.04. The number of aryl methyl sites for hydroxylation is 1. The van der Waals surface area contributed by atoms with E-state index in [0.29, 0.717) is 16.1 Å². The van der Waals surface area contributed by atoms with Crippen molar-refractivity contribution in [3.63, 3.8) is 0 Å². The van der Waals surface area contributed by atoms with Crippen LogP contribution in [-0.4, -0.2) is 25.2 Å². The highest BCUT2D eigenvalue weighted by Crippen LogP contribution is 2.20. The first-order chi connectivity index (χ1) is 14.5. The van der Waals surface area contributed by atoms with E-state index in [4.69, 9.17) is 11.6 Å². The first kappa shape index (κ1) is 19.4. The minimum Gasteiger partial charge on any atom is -0.323 e. The molecule has 0 saturated heterocycles. The molecule has 2 aromatic carbocycles. The van der Waals surface area contributed by atoms with Gasteiger partial charge in [0.1, 0.15) is 24.3 Å². The molecule has 0 fully saturated rings. The third-order valence-corrected chi connectivity index (χ3v) is 4.82. The van der Waals surface area contributed by atoms with Gasteiger partial charge in [-0.2, -0.15) is 10.4 Å². The van der Waals surface area contributed by atoms with Crippen LogP contribution in [0, 0.1) is 18.3 Å². The van der Waals surface area contributed by atoms with E-state index in [0.717, 1.165) is 11.3 Å². The predicted octanol–water partition coefficient (Wildman–Crippen LogP) is 3.05. The summed E-state index contributed by atoms with van der Waals surface area (Å²) in [6.45, 7) is 1.68. The van der Waals surface area contributed by atoms with E-state index in [1.54, 1.807) is 10.7 Å². The Balaban J connectivity index is 1.64. The molecule has 0 spiro atoms. The van der Waals surface area contributed by atoms with E-state index >= 15 is 0 Å². The largest absolute Gasteiger partial charge is 0.323 e. The molecule has 0 aliphatic rings. The van der Waals surface area contributed by atoms with Crippen LogP contribution < -0.4 is 10.9 Å². The number of rotatable bonds is 4. The molecule has 0 unspecified atom stereocenters. The maximum atomic E-state index is 12.8. The number of halogens is 1. The zero-order valence-corrected chi connectivity index (χ0v) is 16.6. The SMILES string of the molecule is Cc1ccccc1-n1ncc2c(=O)n(CC(=O)Nc3cc(Cl)ccc3C#N)cnc21. The van der Waals surface area contributed by atoms with Crippen LogP contribution in [0.15, 0.2) is 59.8 Å². The Morgan fingerprint density at radius 1 is 1.27 bits per heavy atom. The van der Waals surface area contributed by atoms with Crippen LogP contribution in [0.4, 0.5) is 5.69 Å². The summed E-state index contributed by atoms with van der Waals surface area (Å²) in [4.78, 5) is 29.6. The molecule has 8 nitrogen and oxygen atoms in total. The van der Waals surface area contributed by atoms with Gasteiger partial charge in [-0.1, -0.05) is 29.8 Å². The zero-order valence-electron chi connectivity index (χ0n) is 15.8. The van der Waals surface area contributed by atoms with Gasteiger partial charge in [-0.05, 0) is 36.8 Å². The number of amides is 1. The molecule has 2 heterocycles. The van der Waals surface area contributed by atoms with E-state index in [-0.39, 0.29) is 23.4 Å². The van der Waals surface area contributed by atoms with E-state index in [1.807, 2.05) is 37.3 Å². The number of nitrogens with zero attached hydrogens (tertiary/aromatic N) is 5. The van der Waals surface area contributed by atoms with Crippen molar-refractivity contribution in [1.29, 1.82) is 5.26 Å². The number of carbonyl (C=O) groups excluding carboxylic acids is 1. The number of fused-ring (bicyclic) bond motifs is 1. The van der Waals surface area contributed by atoms with Crippen molar-refractivity contribution in [2.75, 3.05) is 5.32 Å². The summed E-state index contributed by atoms with van der Waals surface area (Å²) in [5.74, 6) is -0.483. The number of hydrogen-bond donors (Lipinski definition) is 1. The van der Waals surface area contributed by atoms with Crippen molar-refractivity contribution in [2.45, 2.75) is 13.5 Å². The monoisotopic (exact) mass is 418 g/mol. The first-order valence-electron chi connectivity index (χ1n) is 8.96. The Kier molecular flexibility index (Phi) is 5.04. The molecule has 4 aromatic rings. The highest BCUT2D eigenvalue weighted by molar-refractivity contribution is 6.31. The molecule has 0 aliphatic carbocycles. The number of hydrogen-bond acceptors (Lipinski definition) is 5. The van der Waals surface area contributed by atoms with Crippen LogP contribution in [0.25, 0.3) is 16.7 Å². The van der Waals surface area contributed by atoms with Crippen LogP contribution in [0.2, 0.25) is 5.02 Å². The molecular formula is C21H15ClN6O2. The summed E-state index contributed by atoms with van der Waals surface area (Å²) >= 11 is 5.94. The lowest BCUT2D eigenvalue weighted by Crippen LogP contribution is -2.28. The molecule has 9 heteroatoms. The molecule has 0 atom stereocenters. The lowest BCUT2D eigenvalue weighted by Gasteiger charge is -2.09. The lowest BCUT2D eigenvalue weighted by atomic mass is 10.2. The molecule has 30 heavy (non-hydrogen) atoms. The summed E-state index contributed by atoms with van der Waals surface area (Å²) in [6, 6.07) is 14.2. The number of carbonyl (C=O) groups is 1. The van der Waals surface area contributed by atoms with Gasteiger partial charge >= 0.3 is 0 Å². The Bertz CT molecular complexity index is 1380. The van der Waals surface area contributed by atoms with Gasteiger partial charge in [0.25, 0.3) is 5.56 Å². The van der Waals surface area contributed by atoms with Crippen molar-refractivity contribution in [3.05, 3.63) is 81.5 Å². The standard InChI is InChI=1S/C21H15ClN6O2/c1-13-4-2-3-5-18(13)28-20-16(10-25-28)21(30)27(12-24-20)11-19(29)26-17-8-15(22)7-6-14(17)9-23/h2-8,10,12H,11H2,1H3,(H,26,29). The van der Waals surface area contributed by atoms with Crippen molar-refractivity contribution >= 4 is 34.2 Å². The minimum absolute atomic E-state index is 0.269. The average Bonchev–Trinajstić information content (AvgIpc) is 3.15. The summed E-state index contributed by atoms with van der Waals surface area (Å²) < 4.78 is 2.79. The number of anilines is 1. The van der Waals surface area contributed by atoms with Crippen molar-refractivity contribution in [3.8, 4) is 11.8 Å². The number of nitriles is 1. The van der Waals surface area contributed by atoms with Gasteiger partial charge in [0.2, 0.25) is 5.91 Å². The highest BCUT2D eigenvalue weighted by atomic mass is 35.5. The van der Waals surface area contributed by atoms with Gasteiger partial charge in [0.05, 0.1) is 23.1 Å². The molecule has 0 radical (unpaired) electrons. The van der Waals surface area contributed by atoms with Gasteiger partial charge in [-0.3, -0.25) is 14.2 Å². The van der Waals surface area contributed by atoms with Crippen LogP contribution >= 0.6 is 11.6 Å². The molecule has 0 aliphatic heterocycles. The van der Waals surface area contributed by atoms with Gasteiger partial charge in [0.15, 0.2) is 5.65 Å². The quantitative estimate of drug-likeness (QED) is 0.548. The summed E-state index contributed by atoms with van der Waals surface area (Å²) in [5, 5.41) is 16.8. The van der Waals surface area contributed by atoms with Gasteiger partial charge in [-0.15, -0.1) is 0 Å². The summed E-state index contributed by atoms with van der Waals surface area (Å²) in [6.07, 6.45) is 2.75. The molecule has 4 rings (SSSR count). The molecule has 2 aromatic heterocycles. The Morgan fingerprint density at radius 3 is 2.83 bits per heavy atom. The van der Waals surface area contributed by atoms with Crippen LogP contribution in [0.1, 0.15) is 11.1 Å². The minimum atomic E-state index is -0.483. The number of para-hydroxylation sites is 1. The third kappa shape index (κ3) is 3.54. The number of nitrogens with one attached hydrogen (secondary N) is 1. The summed E-state index contributed by atoms with van der Waals surface area (Å²) in [5.41, 5.74) is 2.38. The van der Waals surface area contributed by atoms with Crippen LogP contribution in [-0.2, 0) is 11.3 Å². The molecule has 0 bridgehead atoms. The Labute approximate surface area is 176 Å². The second-order valence-electron chi connectivity index (χ2n) is 6.61. The topological polar surface area (TPSA) is 106 Å². The fourth-order valence-electron chi connectivity index (χ4n) is 3.10. The Hall–Kier alpha value is -3.96. The molecule has 0 saturated carbocycles. The maximum Gasteiger partial charge on any atom is 0.264 e. The van der Waals surface area contributed by atoms with E-state index in [9.17, 15) is 14.9 Å². The first-order valence-corrected chi connectivity index (χ1v) is 9.34. The summed E-state index contributed by atoms with van der Waals surface area (Å²) in [7, 11) is 0. The fraction of sp³-hybridized carbons (Fsp3) is 0.0952. The highest BCUT2D eigenvalue weighted by Gasteiger charge is 2.15. The van der Waals surface area contributed by atoms with Crippen molar-refractivity contribution in [1.82, 2.24) is 19.3 Å². The van der Waals surface area contributed by atoms with Crippen LogP contribution in [0.5, 0.6) is 0 Å². The third-order valence-electron chi connectivity index (χ3n) is 4.59. The van der Waals surface area contributed by atoms with Crippen LogP contribution in [0.3, 0.4) is 0 Å². The van der Waals surface area contributed by atoms with Crippen molar-refractivity contribution in [2.24, 2.45) is 0 Å². The van der Waals surface area contributed by atoms with Crippen molar-refractivity contribution < 1.29 is 4.79 Å². The lowest BCUT2D eigenvalue weighted by molar-refractivity contribution is -0.116. The fourth-order valence-corrected chi connectivity index (χ4v) is 3.27.